The molecule has 1 unspecified atom stereocenters. The first-order valence-corrected chi connectivity index (χ1v) is 33.1. The van der Waals surface area contributed by atoms with E-state index in [0.717, 1.165) is 57.8 Å². The number of carbonyl (C=O) groups is 9. The number of amidine groups is 1. The predicted molar refractivity (Wildman–Crippen MR) is 336 cm³/mol. The summed E-state index contributed by atoms with van der Waals surface area (Å²) in [6.07, 6.45) is 13.8. The Morgan fingerprint density at radius 3 is 1.74 bits per heavy atom. The summed E-state index contributed by atoms with van der Waals surface area (Å²) in [5.41, 5.74) is 11.9. The molecule has 0 fully saturated rings. The molecule has 5 atom stereocenters. The van der Waals surface area contributed by atoms with Crippen molar-refractivity contribution in [3.05, 3.63) is 29.8 Å². The van der Waals surface area contributed by atoms with Gasteiger partial charge in [0.1, 0.15) is 42.6 Å². The lowest BCUT2D eigenvalue weighted by atomic mass is 9.77. The summed E-state index contributed by atoms with van der Waals surface area (Å²) in [6.45, 7) is 6.78. The molecule has 1 aromatic rings. The Morgan fingerprint density at radius 1 is 0.568 bits per heavy atom. The number of phenolic OH excluding ortho intramolecular Hbond substituents is 1. The Balaban J connectivity index is 0. The minimum atomic E-state index is -3.88. The van der Waals surface area contributed by atoms with Gasteiger partial charge in [-0.05, 0) is 75.0 Å². The molecule has 0 aliphatic heterocycles. The van der Waals surface area contributed by atoms with E-state index in [-0.39, 0.29) is 165 Å². The molecule has 0 aliphatic rings. The van der Waals surface area contributed by atoms with Crippen molar-refractivity contribution in [2.75, 3.05) is 71.7 Å². The molecule has 0 bridgehead atoms. The van der Waals surface area contributed by atoms with E-state index >= 15 is 0 Å². The molecule has 0 heterocycles. The van der Waals surface area contributed by atoms with E-state index in [9.17, 15) is 61.8 Å². The summed E-state index contributed by atoms with van der Waals surface area (Å²) in [5, 5.41) is 37.5. The molecule has 0 radical (unpaired) electrons. The van der Waals surface area contributed by atoms with Crippen LogP contribution in [0, 0.1) is 29.1 Å². The topological polar surface area (TPSA) is 409 Å². The largest absolute Gasteiger partial charge is 0.508 e. The number of rotatable bonds is 58. The number of unbranched alkanes of at least 4 members (excludes halogenated alkanes) is 12. The molecular formula is C62H109N7O18S. The third-order valence-electron chi connectivity index (χ3n) is 14.6. The smallest absolute Gasteiger partial charge is 0.326 e. The van der Waals surface area contributed by atoms with Crippen molar-refractivity contribution in [2.45, 2.75) is 200 Å². The minimum Gasteiger partial charge on any atom is -0.508 e. The fourth-order valence-corrected chi connectivity index (χ4v) is 10.3. The number of Topliss-reactive ketones (excluding diaryl/α,β-unsaturated/α-hetero) is 3. The molecule has 1 aromatic carbocycles. The van der Waals surface area contributed by atoms with Gasteiger partial charge < -0.3 is 61.9 Å². The van der Waals surface area contributed by atoms with Crippen LogP contribution in [-0.2, 0) is 78.6 Å². The number of primary amides is 1. The Labute approximate surface area is 524 Å². The third-order valence-corrected chi connectivity index (χ3v) is 15.4. The van der Waals surface area contributed by atoms with E-state index in [1.807, 2.05) is 13.8 Å². The molecule has 0 aromatic heterocycles. The monoisotopic (exact) mass is 1270 g/mol. The number of hydrogen-bond acceptors (Lipinski definition) is 17. The Kier molecular flexibility index (Phi) is 44.5. The molecule has 0 spiro atoms. The summed E-state index contributed by atoms with van der Waals surface area (Å²) in [7, 11) is -3.88. The van der Waals surface area contributed by atoms with Crippen LogP contribution < -0.4 is 32.7 Å². The fourth-order valence-electron chi connectivity index (χ4n) is 9.73. The fraction of sp³-hybridized carbons (Fsp3) is 0.742. The van der Waals surface area contributed by atoms with Crippen LogP contribution in [0.5, 0.6) is 5.75 Å². The van der Waals surface area contributed by atoms with Crippen molar-refractivity contribution in [1.29, 1.82) is 5.41 Å². The number of aliphatic carboxylic acids is 1. The first-order chi connectivity index (χ1) is 41.9. The van der Waals surface area contributed by atoms with Crippen LogP contribution in [-0.4, -0.2) is 166 Å². The highest BCUT2D eigenvalue weighted by atomic mass is 32.2. The zero-order valence-corrected chi connectivity index (χ0v) is 53.3. The molecular weight excluding hydrogens is 1160 g/mol. The number of ketones is 3. The van der Waals surface area contributed by atoms with Gasteiger partial charge in [-0.25, -0.2) is 4.79 Å². The summed E-state index contributed by atoms with van der Waals surface area (Å²) >= 11 is 0. The van der Waals surface area contributed by atoms with Crippen LogP contribution in [0.3, 0.4) is 0 Å². The second-order valence-electron chi connectivity index (χ2n) is 23.0. The lowest BCUT2D eigenvalue weighted by molar-refractivity contribution is -0.142. The lowest BCUT2D eigenvalue weighted by Crippen LogP contribution is -2.49. The number of aromatic hydroxyl groups is 1. The normalized spacial score (nSPS) is 13.2. The van der Waals surface area contributed by atoms with Crippen molar-refractivity contribution < 1.29 is 88.1 Å². The number of amides is 5. The van der Waals surface area contributed by atoms with Gasteiger partial charge in [0.2, 0.25) is 29.5 Å². The van der Waals surface area contributed by atoms with E-state index in [4.69, 9.17) is 40.4 Å². The van der Waals surface area contributed by atoms with Crippen LogP contribution in [0.15, 0.2) is 24.3 Å². The van der Waals surface area contributed by atoms with E-state index in [1.165, 1.54) is 12.1 Å². The van der Waals surface area contributed by atoms with Crippen molar-refractivity contribution >= 4 is 68.8 Å². The van der Waals surface area contributed by atoms with Crippen LogP contribution >= 0.6 is 0 Å². The standard InChI is InChI=1S/C62H105N7O18S.2H2/c1-45(2)40-51(72)42-48(59(76)46(3)52(22-14-15-23-55(63)64)61(78)69-54(60(65)77)41-47-25-27-49(70)28-26-47)20-16-17-31-66-58(75)44-87-38-35-84-33-19-21-50(71)43-86-37-36-85-34-32-67-56(73)30-29-53(62(79)80)68-57(74)24-13-11-9-7-5-4-6-8-10-12-18-39-88(81,82)83;;/h25-28,45-46,48,52-54,70H,4-24,29-44H2,1-3H3,(H3,63,64)(H2,65,77)(H,66,75)(H,67,73)(H,68,74)(H,69,78)(H,79,80)(H,81,82,83);2*1H/t46?,48-,52-,53+,54+;;/m1../s1. The summed E-state index contributed by atoms with van der Waals surface area (Å²) in [5.74, 6) is -6.56. The number of phenols is 1. The molecule has 1 rings (SSSR count). The Hall–Kier alpha value is -5.93. The predicted octanol–water partition coefficient (Wildman–Crippen LogP) is 6.07. The maximum atomic E-state index is 14.3. The van der Waals surface area contributed by atoms with Gasteiger partial charge >= 0.3 is 5.97 Å². The first kappa shape index (κ1) is 80.1. The average Bonchev–Trinajstić information content (AvgIpc) is 1.89. The Morgan fingerprint density at radius 2 is 1.14 bits per heavy atom. The van der Waals surface area contributed by atoms with Gasteiger partial charge in [-0.2, -0.15) is 8.42 Å². The van der Waals surface area contributed by atoms with Gasteiger partial charge in [0.05, 0.1) is 44.6 Å². The van der Waals surface area contributed by atoms with Gasteiger partial charge in [0.25, 0.3) is 10.1 Å². The molecule has 5 amide bonds. The molecule has 25 nitrogen and oxygen atoms in total. The summed E-state index contributed by atoms with van der Waals surface area (Å²) in [4.78, 5) is 115. The number of ether oxygens (including phenoxy) is 4. The number of hydrogen-bond donors (Lipinski definition) is 10. The molecule has 0 saturated carbocycles. The second-order valence-corrected chi connectivity index (χ2v) is 24.6. The van der Waals surface area contributed by atoms with Gasteiger partial charge in [-0.15, -0.1) is 0 Å². The van der Waals surface area contributed by atoms with E-state index in [0.29, 0.717) is 76.5 Å². The number of benzene rings is 1. The number of nitrogens with one attached hydrogen (secondary N) is 5. The van der Waals surface area contributed by atoms with Crippen LogP contribution in [0.25, 0.3) is 0 Å². The summed E-state index contributed by atoms with van der Waals surface area (Å²) < 4.78 is 52.0. The van der Waals surface area contributed by atoms with Crippen LogP contribution in [0.1, 0.15) is 190 Å². The minimum absolute atomic E-state index is 0. The van der Waals surface area contributed by atoms with Gasteiger partial charge in [-0.3, -0.25) is 48.3 Å². The quantitative estimate of drug-likeness (QED) is 0.0153. The molecule has 0 saturated heterocycles. The molecule has 12 N–H and O–H groups in total. The number of carboxylic acids is 1. The maximum absolute atomic E-state index is 14.3. The van der Waals surface area contributed by atoms with Crippen molar-refractivity contribution in [3.63, 3.8) is 0 Å². The van der Waals surface area contributed by atoms with Crippen LogP contribution in [0.2, 0.25) is 0 Å². The zero-order valence-electron chi connectivity index (χ0n) is 52.5. The summed E-state index contributed by atoms with van der Waals surface area (Å²) in [6, 6.07) is 3.85. The molecule has 0 aliphatic carbocycles. The average molecular weight is 1270 g/mol. The number of carbonyl (C=O) groups excluding carboxylic acids is 8. The molecule has 26 heteroatoms. The van der Waals surface area contributed by atoms with Crippen molar-refractivity contribution in [3.8, 4) is 5.75 Å². The molecule has 506 valence electrons. The van der Waals surface area contributed by atoms with E-state index < -0.39 is 57.7 Å². The molecule has 88 heavy (non-hydrogen) atoms. The van der Waals surface area contributed by atoms with Gasteiger partial charge in [0.15, 0.2) is 5.78 Å². The van der Waals surface area contributed by atoms with E-state index in [1.54, 1.807) is 19.1 Å². The number of carboxylic acid groups (broad SMARTS) is 1. The lowest BCUT2D eigenvalue weighted by Gasteiger charge is -2.28. The SMILES string of the molecule is CC(C)CC(=O)C[C@@H](CCCCNC(=O)COCCOCCCC(=O)COCCOCCNC(=O)CC[C@H](NC(=O)CCCCCCCCCCCCCS(=O)(=O)O)C(=O)O)C(=O)C(C)[C@@H](CCCCC(=N)N)C(=O)N[C@@H](Cc1ccc(O)cc1)C(N)=O.[HH].[HH]. The second kappa shape index (κ2) is 48.9. The zero-order chi connectivity index (χ0) is 65.5. The van der Waals surface area contributed by atoms with E-state index in [2.05, 4.69) is 21.3 Å². The van der Waals surface area contributed by atoms with Gasteiger partial charge in [0, 0.05) is 85.2 Å². The third kappa shape index (κ3) is 43.7. The van der Waals surface area contributed by atoms with Crippen LogP contribution in [0.4, 0.5) is 0 Å². The highest BCUT2D eigenvalue weighted by Gasteiger charge is 2.36. The van der Waals surface area contributed by atoms with Gasteiger partial charge in [-0.1, -0.05) is 104 Å². The maximum Gasteiger partial charge on any atom is 0.326 e. The Bertz CT molecular complexity index is 2360. The highest BCUT2D eigenvalue weighted by Crippen LogP contribution is 2.28. The van der Waals surface area contributed by atoms with Crippen molar-refractivity contribution in [1.82, 2.24) is 21.3 Å². The first-order valence-electron chi connectivity index (χ1n) is 31.5. The van der Waals surface area contributed by atoms with Crippen molar-refractivity contribution in [2.24, 2.45) is 35.1 Å². The number of nitrogens with two attached hydrogens (primary N) is 2. The highest BCUT2D eigenvalue weighted by molar-refractivity contribution is 7.85.